The van der Waals surface area contributed by atoms with Gasteiger partial charge in [0, 0.05) is 37.1 Å². The fourth-order valence-corrected chi connectivity index (χ4v) is 2.07. The number of nitrogens with two attached hydrogens (primary N) is 1. The van der Waals surface area contributed by atoms with Crippen molar-refractivity contribution in [3.63, 3.8) is 0 Å². The average molecular weight is 264 g/mol. The number of nitrogen functional groups attached to an aromatic ring is 1. The van der Waals surface area contributed by atoms with E-state index in [1.165, 1.54) is 0 Å². The molecule has 0 aromatic carbocycles. The molecule has 0 saturated heterocycles. The lowest BCUT2D eigenvalue weighted by Crippen LogP contribution is -2.42. The monoisotopic (exact) mass is 264 g/mol. The second kappa shape index (κ2) is 7.09. The van der Waals surface area contributed by atoms with E-state index >= 15 is 0 Å². The zero-order valence-electron chi connectivity index (χ0n) is 12.2. The minimum Gasteiger partial charge on any atom is -0.399 e. The fraction of sp³-hybridized carbons (Fsp3) is 0.571. The molecule has 1 heterocycles. The number of nitrogens with one attached hydrogen (secondary N) is 1. The summed E-state index contributed by atoms with van der Waals surface area (Å²) in [5.74, 6) is -0.181. The molecule has 0 bridgehead atoms. The van der Waals surface area contributed by atoms with Crippen LogP contribution >= 0.6 is 0 Å². The van der Waals surface area contributed by atoms with E-state index in [-0.39, 0.29) is 5.91 Å². The lowest BCUT2D eigenvalue weighted by Gasteiger charge is -2.30. The maximum absolute atomic E-state index is 11.9. The van der Waals surface area contributed by atoms with Crippen LogP contribution in [-0.2, 0) is 0 Å². The summed E-state index contributed by atoms with van der Waals surface area (Å²) in [5, 5.41) is 2.87. The highest BCUT2D eigenvalue weighted by molar-refractivity contribution is 5.92. The molecular weight excluding hydrogens is 240 g/mol. The molecule has 1 aromatic heterocycles. The second-order valence-corrected chi connectivity index (χ2v) is 5.16. The van der Waals surface area contributed by atoms with Gasteiger partial charge < -0.3 is 11.1 Å². The van der Waals surface area contributed by atoms with Crippen molar-refractivity contribution < 1.29 is 4.79 Å². The van der Waals surface area contributed by atoms with Crippen molar-refractivity contribution in [2.24, 2.45) is 0 Å². The first kappa shape index (κ1) is 15.4. The number of amides is 1. The molecule has 0 spiro atoms. The van der Waals surface area contributed by atoms with Gasteiger partial charge in [0.2, 0.25) is 0 Å². The van der Waals surface area contributed by atoms with Crippen molar-refractivity contribution in [3.8, 4) is 0 Å². The Kier molecular flexibility index (Phi) is 5.76. The van der Waals surface area contributed by atoms with Gasteiger partial charge in [0.05, 0.1) is 0 Å². The maximum Gasteiger partial charge on any atom is 0.269 e. The normalized spacial score (nSPS) is 11.3. The molecule has 1 aromatic rings. The highest BCUT2D eigenvalue weighted by Crippen LogP contribution is 2.04. The van der Waals surface area contributed by atoms with Crippen molar-refractivity contribution in [2.75, 3.05) is 18.8 Å². The third kappa shape index (κ3) is 4.87. The number of rotatable bonds is 6. The minimum absolute atomic E-state index is 0.181. The first-order chi connectivity index (χ1) is 8.91. The summed E-state index contributed by atoms with van der Waals surface area (Å²) in [7, 11) is 0. The molecule has 5 nitrogen and oxygen atoms in total. The molecule has 0 atom stereocenters. The molecule has 1 amide bonds. The van der Waals surface area contributed by atoms with E-state index < -0.39 is 0 Å². The largest absolute Gasteiger partial charge is 0.399 e. The quantitative estimate of drug-likeness (QED) is 0.817. The van der Waals surface area contributed by atoms with Gasteiger partial charge in [-0.2, -0.15) is 0 Å². The Hall–Kier alpha value is -1.62. The molecule has 0 aliphatic heterocycles. The third-order valence-electron chi connectivity index (χ3n) is 3.00. The SMILES string of the molecule is CC(C)N(CCNC(=O)c1cc(N)ccn1)C(C)C. The molecule has 1 rings (SSSR count). The smallest absolute Gasteiger partial charge is 0.269 e. The van der Waals surface area contributed by atoms with Gasteiger partial charge in [0.1, 0.15) is 5.69 Å². The lowest BCUT2D eigenvalue weighted by atomic mass is 10.2. The molecule has 5 heteroatoms. The van der Waals surface area contributed by atoms with E-state index in [4.69, 9.17) is 5.73 Å². The summed E-state index contributed by atoms with van der Waals surface area (Å²) in [6, 6.07) is 4.17. The topological polar surface area (TPSA) is 71.2 Å². The van der Waals surface area contributed by atoms with E-state index in [1.807, 2.05) is 0 Å². The van der Waals surface area contributed by atoms with Crippen LogP contribution in [0.2, 0.25) is 0 Å². The van der Waals surface area contributed by atoms with Crippen LogP contribution in [0.1, 0.15) is 38.2 Å². The average Bonchev–Trinajstić information content (AvgIpc) is 2.33. The van der Waals surface area contributed by atoms with Crippen molar-refractivity contribution in [3.05, 3.63) is 24.0 Å². The zero-order valence-corrected chi connectivity index (χ0v) is 12.2. The van der Waals surface area contributed by atoms with Crippen LogP contribution in [0.15, 0.2) is 18.3 Å². The number of carbonyl (C=O) groups excluding carboxylic acids is 1. The highest BCUT2D eigenvalue weighted by Gasteiger charge is 2.13. The van der Waals surface area contributed by atoms with Gasteiger partial charge >= 0.3 is 0 Å². The number of aromatic nitrogens is 1. The summed E-state index contributed by atoms with van der Waals surface area (Å²) in [6.07, 6.45) is 1.54. The summed E-state index contributed by atoms with van der Waals surface area (Å²) >= 11 is 0. The Morgan fingerprint density at radius 2 is 2.00 bits per heavy atom. The van der Waals surface area contributed by atoms with Crippen molar-refractivity contribution in [1.82, 2.24) is 15.2 Å². The first-order valence-electron chi connectivity index (χ1n) is 6.67. The predicted molar refractivity (Wildman–Crippen MR) is 78.0 cm³/mol. The van der Waals surface area contributed by atoms with Crippen LogP contribution in [-0.4, -0.2) is 41.0 Å². The maximum atomic E-state index is 11.9. The van der Waals surface area contributed by atoms with Gasteiger partial charge in [0.15, 0.2) is 0 Å². The first-order valence-corrected chi connectivity index (χ1v) is 6.67. The van der Waals surface area contributed by atoms with Crippen LogP contribution < -0.4 is 11.1 Å². The Morgan fingerprint density at radius 3 is 2.53 bits per heavy atom. The Bertz CT molecular complexity index is 410. The van der Waals surface area contributed by atoms with E-state index in [2.05, 4.69) is 42.9 Å². The number of hydrogen-bond acceptors (Lipinski definition) is 4. The number of anilines is 1. The fourth-order valence-electron chi connectivity index (χ4n) is 2.07. The summed E-state index contributed by atoms with van der Waals surface area (Å²) < 4.78 is 0. The van der Waals surface area contributed by atoms with E-state index in [9.17, 15) is 4.79 Å². The standard InChI is InChI=1S/C14H24N4O/c1-10(2)18(11(3)4)8-7-17-14(19)13-9-12(15)5-6-16-13/h5-6,9-11H,7-8H2,1-4H3,(H2,15,16)(H,17,19). The molecule has 0 radical (unpaired) electrons. The van der Waals surface area contributed by atoms with Crippen LogP contribution in [0.3, 0.4) is 0 Å². The number of pyridine rings is 1. The summed E-state index contributed by atoms with van der Waals surface area (Å²) in [6.45, 7) is 10.0. The minimum atomic E-state index is -0.181. The number of hydrogen-bond donors (Lipinski definition) is 2. The molecule has 106 valence electrons. The van der Waals surface area contributed by atoms with Crippen molar-refractivity contribution in [2.45, 2.75) is 39.8 Å². The molecule has 3 N–H and O–H groups in total. The number of nitrogens with zero attached hydrogens (tertiary/aromatic N) is 2. The Balaban J connectivity index is 2.47. The molecule has 0 saturated carbocycles. The summed E-state index contributed by atoms with van der Waals surface area (Å²) in [5.41, 5.74) is 6.53. The van der Waals surface area contributed by atoms with E-state index in [0.717, 1.165) is 6.54 Å². The predicted octanol–water partition coefficient (Wildman–Crippen LogP) is 1.51. The molecule has 0 unspecified atom stereocenters. The van der Waals surface area contributed by atoms with Crippen LogP contribution in [0.5, 0.6) is 0 Å². The third-order valence-corrected chi connectivity index (χ3v) is 3.00. The van der Waals surface area contributed by atoms with Gasteiger partial charge in [0.25, 0.3) is 5.91 Å². The number of carbonyl (C=O) groups is 1. The molecule has 19 heavy (non-hydrogen) atoms. The highest BCUT2D eigenvalue weighted by atomic mass is 16.1. The molecular formula is C14H24N4O. The Morgan fingerprint density at radius 1 is 1.37 bits per heavy atom. The molecule has 0 aliphatic carbocycles. The Labute approximate surface area is 115 Å². The van der Waals surface area contributed by atoms with Gasteiger partial charge in [-0.05, 0) is 39.8 Å². The van der Waals surface area contributed by atoms with Gasteiger partial charge in [-0.25, -0.2) is 0 Å². The van der Waals surface area contributed by atoms with E-state index in [0.29, 0.717) is 30.0 Å². The van der Waals surface area contributed by atoms with Crippen LogP contribution in [0.4, 0.5) is 5.69 Å². The van der Waals surface area contributed by atoms with Gasteiger partial charge in [-0.3, -0.25) is 14.7 Å². The van der Waals surface area contributed by atoms with Crippen LogP contribution in [0.25, 0.3) is 0 Å². The van der Waals surface area contributed by atoms with E-state index in [1.54, 1.807) is 18.3 Å². The van der Waals surface area contributed by atoms with Crippen molar-refractivity contribution in [1.29, 1.82) is 0 Å². The lowest BCUT2D eigenvalue weighted by molar-refractivity contribution is 0.0934. The van der Waals surface area contributed by atoms with Gasteiger partial charge in [-0.15, -0.1) is 0 Å². The second-order valence-electron chi connectivity index (χ2n) is 5.16. The summed E-state index contributed by atoms with van der Waals surface area (Å²) in [4.78, 5) is 18.2. The van der Waals surface area contributed by atoms with Crippen LogP contribution in [0, 0.1) is 0 Å². The zero-order chi connectivity index (χ0) is 14.4. The molecule has 0 aliphatic rings. The molecule has 0 fully saturated rings. The van der Waals surface area contributed by atoms with Crippen molar-refractivity contribution >= 4 is 11.6 Å². The van der Waals surface area contributed by atoms with Gasteiger partial charge in [-0.1, -0.05) is 0 Å².